The van der Waals surface area contributed by atoms with Crippen LogP contribution in [0.25, 0.3) is 0 Å². The van der Waals surface area contributed by atoms with E-state index in [1.54, 1.807) is 11.3 Å². The highest BCUT2D eigenvalue weighted by molar-refractivity contribution is 7.11. The van der Waals surface area contributed by atoms with Crippen LogP contribution >= 0.6 is 34.5 Å². The van der Waals surface area contributed by atoms with E-state index in [1.807, 2.05) is 6.92 Å². The molecule has 0 aliphatic carbocycles. The first-order valence-electron chi connectivity index (χ1n) is 6.13. The molecular formula is C14H14Cl2N2OS. The zero-order chi connectivity index (χ0) is 14.7. The Balaban J connectivity index is 2.00. The highest BCUT2D eigenvalue weighted by Crippen LogP contribution is 2.18. The minimum Gasteiger partial charge on any atom is -0.349 e. The van der Waals surface area contributed by atoms with Gasteiger partial charge in [0.15, 0.2) is 0 Å². The number of thiophene rings is 1. The van der Waals surface area contributed by atoms with E-state index in [1.165, 1.54) is 21.9 Å². The second-order valence-electron chi connectivity index (χ2n) is 4.59. The van der Waals surface area contributed by atoms with E-state index in [0.29, 0.717) is 5.56 Å². The Morgan fingerprint density at radius 1 is 1.35 bits per heavy atom. The molecule has 0 aliphatic heterocycles. The van der Waals surface area contributed by atoms with Crippen LogP contribution in [0, 0.1) is 6.92 Å². The van der Waals surface area contributed by atoms with Crippen LogP contribution in [-0.4, -0.2) is 16.9 Å². The largest absolute Gasteiger partial charge is 0.349 e. The van der Waals surface area contributed by atoms with E-state index >= 15 is 0 Å². The van der Waals surface area contributed by atoms with Crippen molar-refractivity contribution >= 4 is 40.4 Å². The number of hydrogen-bond acceptors (Lipinski definition) is 3. The predicted molar refractivity (Wildman–Crippen MR) is 83.9 cm³/mol. The van der Waals surface area contributed by atoms with Gasteiger partial charge in [-0.3, -0.25) is 4.79 Å². The topological polar surface area (TPSA) is 42.0 Å². The summed E-state index contributed by atoms with van der Waals surface area (Å²) in [6, 6.07) is 7.21. The Bertz CT molecular complexity index is 607. The van der Waals surface area contributed by atoms with Crippen LogP contribution < -0.4 is 5.32 Å². The lowest BCUT2D eigenvalue weighted by Crippen LogP contribution is -2.33. The second kappa shape index (κ2) is 6.57. The van der Waals surface area contributed by atoms with Crippen LogP contribution in [0.1, 0.15) is 27.0 Å². The fourth-order valence-corrected chi connectivity index (χ4v) is 3.33. The molecule has 2 heterocycles. The van der Waals surface area contributed by atoms with Crippen molar-refractivity contribution in [3.63, 3.8) is 0 Å². The average molecular weight is 329 g/mol. The molecular weight excluding hydrogens is 315 g/mol. The number of nitrogens with one attached hydrogen (secondary N) is 1. The van der Waals surface area contributed by atoms with Gasteiger partial charge in [-0.2, -0.15) is 0 Å². The van der Waals surface area contributed by atoms with Crippen LogP contribution in [-0.2, 0) is 6.42 Å². The number of halogens is 2. The van der Waals surface area contributed by atoms with Gasteiger partial charge < -0.3 is 5.32 Å². The standard InChI is InChI=1S/C14H14Cl2N2OS/c1-8(5-11-4-3-9(2)20-11)17-14(19)10-6-12(15)18-13(16)7-10/h3-4,6-8H,5H2,1-2H3,(H,17,19). The summed E-state index contributed by atoms with van der Waals surface area (Å²) in [7, 11) is 0. The molecule has 1 atom stereocenters. The fraction of sp³-hybridized carbons (Fsp3) is 0.286. The van der Waals surface area contributed by atoms with E-state index in [2.05, 4.69) is 29.4 Å². The molecule has 0 bridgehead atoms. The summed E-state index contributed by atoms with van der Waals surface area (Å²) in [4.78, 5) is 18.4. The lowest BCUT2D eigenvalue weighted by atomic mass is 10.2. The molecule has 0 aromatic carbocycles. The van der Waals surface area contributed by atoms with Gasteiger partial charge in [-0.1, -0.05) is 23.2 Å². The molecule has 20 heavy (non-hydrogen) atoms. The lowest BCUT2D eigenvalue weighted by Gasteiger charge is -2.13. The third-order valence-corrected chi connectivity index (χ3v) is 4.12. The van der Waals surface area contributed by atoms with Crippen molar-refractivity contribution in [3.05, 3.63) is 49.9 Å². The van der Waals surface area contributed by atoms with Crippen LogP contribution in [0.2, 0.25) is 10.3 Å². The maximum atomic E-state index is 12.1. The normalized spacial score (nSPS) is 12.2. The smallest absolute Gasteiger partial charge is 0.251 e. The minimum atomic E-state index is -0.197. The first-order chi connectivity index (χ1) is 9.44. The molecule has 2 aromatic rings. The van der Waals surface area contributed by atoms with Crippen LogP contribution in [0.5, 0.6) is 0 Å². The zero-order valence-corrected chi connectivity index (χ0v) is 13.4. The molecule has 1 N–H and O–H groups in total. The first-order valence-corrected chi connectivity index (χ1v) is 7.70. The number of carbonyl (C=O) groups excluding carboxylic acids is 1. The van der Waals surface area contributed by atoms with Gasteiger partial charge in [-0.05, 0) is 38.1 Å². The summed E-state index contributed by atoms with van der Waals surface area (Å²) in [5, 5.41) is 3.36. The van der Waals surface area contributed by atoms with Gasteiger partial charge in [-0.25, -0.2) is 4.98 Å². The molecule has 0 saturated heterocycles. The number of pyridine rings is 1. The number of aromatic nitrogens is 1. The van der Waals surface area contributed by atoms with E-state index < -0.39 is 0 Å². The van der Waals surface area contributed by atoms with Crippen molar-refractivity contribution in [1.82, 2.24) is 10.3 Å². The van der Waals surface area contributed by atoms with Crippen molar-refractivity contribution in [1.29, 1.82) is 0 Å². The van der Waals surface area contributed by atoms with Gasteiger partial charge in [0.2, 0.25) is 0 Å². The SMILES string of the molecule is Cc1ccc(CC(C)NC(=O)c2cc(Cl)nc(Cl)c2)s1. The van der Waals surface area contributed by atoms with Crippen molar-refractivity contribution in [2.24, 2.45) is 0 Å². The number of carbonyl (C=O) groups is 1. The Kier molecular flexibility index (Phi) is 5.02. The summed E-state index contributed by atoms with van der Waals surface area (Å²) in [6.07, 6.45) is 0.802. The number of aryl methyl sites for hydroxylation is 1. The number of rotatable bonds is 4. The molecule has 0 saturated carbocycles. The van der Waals surface area contributed by atoms with E-state index in [9.17, 15) is 4.79 Å². The Hall–Kier alpha value is -1.10. The molecule has 0 radical (unpaired) electrons. The second-order valence-corrected chi connectivity index (χ2v) is 6.74. The van der Waals surface area contributed by atoms with Gasteiger partial charge in [0.05, 0.1) is 0 Å². The summed E-state index contributed by atoms with van der Waals surface area (Å²) in [5.41, 5.74) is 0.421. The third kappa shape index (κ3) is 4.20. The maximum absolute atomic E-state index is 12.1. The number of hydrogen-bond donors (Lipinski definition) is 1. The van der Waals surface area contributed by atoms with Crippen LogP contribution in [0.4, 0.5) is 0 Å². The van der Waals surface area contributed by atoms with Crippen molar-refractivity contribution in [2.75, 3.05) is 0 Å². The van der Waals surface area contributed by atoms with Crippen molar-refractivity contribution in [3.8, 4) is 0 Å². The fourth-order valence-electron chi connectivity index (χ4n) is 1.85. The quantitative estimate of drug-likeness (QED) is 0.858. The summed E-state index contributed by atoms with van der Waals surface area (Å²) >= 11 is 13.3. The number of nitrogens with zero attached hydrogens (tertiary/aromatic N) is 1. The molecule has 106 valence electrons. The van der Waals surface area contributed by atoms with Gasteiger partial charge in [0.25, 0.3) is 5.91 Å². The lowest BCUT2D eigenvalue weighted by molar-refractivity contribution is 0.0940. The van der Waals surface area contributed by atoms with Gasteiger partial charge in [0.1, 0.15) is 10.3 Å². The molecule has 0 aliphatic rings. The molecule has 0 fully saturated rings. The Labute approximate surface area is 131 Å². The van der Waals surface area contributed by atoms with Gasteiger partial charge in [0, 0.05) is 27.8 Å². The van der Waals surface area contributed by atoms with Gasteiger partial charge in [-0.15, -0.1) is 11.3 Å². The van der Waals surface area contributed by atoms with Crippen LogP contribution in [0.15, 0.2) is 24.3 Å². The van der Waals surface area contributed by atoms with Crippen LogP contribution in [0.3, 0.4) is 0 Å². The summed E-state index contributed by atoms with van der Waals surface area (Å²) in [6.45, 7) is 4.04. The molecule has 0 spiro atoms. The first kappa shape index (κ1) is 15.3. The average Bonchev–Trinajstić information content (AvgIpc) is 2.73. The Morgan fingerprint density at radius 3 is 2.55 bits per heavy atom. The highest BCUT2D eigenvalue weighted by atomic mass is 35.5. The monoisotopic (exact) mass is 328 g/mol. The highest BCUT2D eigenvalue weighted by Gasteiger charge is 2.13. The molecule has 2 rings (SSSR count). The molecule has 1 amide bonds. The zero-order valence-electron chi connectivity index (χ0n) is 11.1. The Morgan fingerprint density at radius 2 is 2.00 bits per heavy atom. The predicted octanol–water partition coefficient (Wildman–Crippen LogP) is 4.12. The van der Waals surface area contributed by atoms with Crippen molar-refractivity contribution in [2.45, 2.75) is 26.3 Å². The molecule has 1 unspecified atom stereocenters. The van der Waals surface area contributed by atoms with Crippen molar-refractivity contribution < 1.29 is 4.79 Å². The summed E-state index contributed by atoms with van der Waals surface area (Å²) in [5.74, 6) is -0.197. The minimum absolute atomic E-state index is 0.0336. The molecule has 3 nitrogen and oxygen atoms in total. The maximum Gasteiger partial charge on any atom is 0.251 e. The van der Waals surface area contributed by atoms with E-state index in [0.717, 1.165) is 6.42 Å². The third-order valence-electron chi connectivity index (χ3n) is 2.71. The molecule has 6 heteroatoms. The number of amides is 1. The van der Waals surface area contributed by atoms with Gasteiger partial charge >= 0.3 is 0 Å². The summed E-state index contributed by atoms with van der Waals surface area (Å²) < 4.78 is 0. The van der Waals surface area contributed by atoms with E-state index in [-0.39, 0.29) is 22.3 Å². The van der Waals surface area contributed by atoms with E-state index in [4.69, 9.17) is 23.2 Å². The molecule has 2 aromatic heterocycles.